The Bertz CT molecular complexity index is 104. The monoisotopic (exact) mass is 162 g/mol. The molecule has 2 amide bonds. The van der Waals surface area contributed by atoms with Gasteiger partial charge in [0.1, 0.15) is 0 Å². The number of nitrogens with two attached hydrogens (primary N) is 2. The van der Waals surface area contributed by atoms with Gasteiger partial charge in [-0.15, -0.1) is 0 Å². The van der Waals surface area contributed by atoms with Gasteiger partial charge in [0.05, 0.1) is 0 Å². The van der Waals surface area contributed by atoms with Crippen molar-refractivity contribution in [3.63, 3.8) is 0 Å². The van der Waals surface area contributed by atoms with Crippen molar-refractivity contribution >= 4 is 70.9 Å². The summed E-state index contributed by atoms with van der Waals surface area (Å²) < 4.78 is 0. The van der Waals surface area contributed by atoms with Gasteiger partial charge in [-0.3, -0.25) is 9.59 Å². The second-order valence-corrected chi connectivity index (χ2v) is 1.43. The Morgan fingerprint density at radius 2 is 1.10 bits per heavy atom. The van der Waals surface area contributed by atoms with Crippen molar-refractivity contribution in [2.45, 2.75) is 12.8 Å². The molecule has 0 heterocycles. The van der Waals surface area contributed by atoms with E-state index in [1.807, 2.05) is 0 Å². The van der Waals surface area contributed by atoms with Crippen LogP contribution in [0.1, 0.15) is 12.8 Å². The minimum atomic E-state index is -0.496. The van der Waals surface area contributed by atoms with Gasteiger partial charge in [0.2, 0.25) is 11.8 Å². The van der Waals surface area contributed by atoms with E-state index < -0.39 is 11.8 Å². The Morgan fingerprint density at radius 3 is 1.20 bits per heavy atom. The number of carbonyl (C=O) groups excluding carboxylic acids is 2. The Labute approximate surface area is 104 Å². The van der Waals surface area contributed by atoms with Crippen molar-refractivity contribution in [1.29, 1.82) is 0 Å². The molecule has 0 aliphatic carbocycles. The van der Waals surface area contributed by atoms with Gasteiger partial charge in [-0.2, -0.15) is 0 Å². The maximum absolute atomic E-state index is 9.92. The molecule has 0 aliphatic heterocycles. The molecule has 0 bridgehead atoms. The second-order valence-electron chi connectivity index (χ2n) is 1.43. The quantitative estimate of drug-likeness (QED) is 0.469. The minimum Gasteiger partial charge on any atom is -0.370 e. The van der Waals surface area contributed by atoms with Crippen LogP contribution in [0, 0.1) is 0 Å². The van der Waals surface area contributed by atoms with Gasteiger partial charge in [-0.05, 0) is 0 Å². The first kappa shape index (κ1) is 17.1. The van der Waals surface area contributed by atoms with Crippen LogP contribution in [0.4, 0.5) is 0 Å². The van der Waals surface area contributed by atoms with Crippen LogP contribution in [0.25, 0.3) is 0 Å². The molecule has 0 saturated carbocycles. The summed E-state index contributed by atoms with van der Waals surface area (Å²) in [6, 6.07) is 0. The van der Waals surface area contributed by atoms with Gasteiger partial charge in [0.25, 0.3) is 0 Å². The summed E-state index contributed by atoms with van der Waals surface area (Å²) in [4.78, 5) is 19.8. The first-order valence-electron chi connectivity index (χ1n) is 2.19. The smallest absolute Gasteiger partial charge is 0.217 e. The molecule has 0 saturated heterocycles. The van der Waals surface area contributed by atoms with Crippen molar-refractivity contribution in [3.8, 4) is 0 Å². The van der Waals surface area contributed by atoms with E-state index in [-0.39, 0.29) is 72.0 Å². The topological polar surface area (TPSA) is 86.2 Å². The van der Waals surface area contributed by atoms with Crippen LogP contribution in [-0.2, 0) is 9.59 Å². The van der Waals surface area contributed by atoms with E-state index in [9.17, 15) is 9.59 Å². The maximum Gasteiger partial charge on any atom is 0.217 e. The summed E-state index contributed by atoms with van der Waals surface area (Å²) in [5.41, 5.74) is 9.39. The summed E-state index contributed by atoms with van der Waals surface area (Å²) in [5.74, 6) is -0.993. The number of carbonyl (C=O) groups is 2. The molecule has 0 rings (SSSR count). The molecule has 4 N–H and O–H groups in total. The summed E-state index contributed by atoms with van der Waals surface area (Å²) >= 11 is 0. The summed E-state index contributed by atoms with van der Waals surface area (Å²) in [6.45, 7) is 0. The van der Waals surface area contributed by atoms with Crippen LogP contribution in [0.2, 0.25) is 0 Å². The molecule has 0 fully saturated rings. The van der Waals surface area contributed by atoms with E-state index in [1.54, 1.807) is 0 Å². The van der Waals surface area contributed by atoms with Crippen LogP contribution in [-0.4, -0.2) is 70.9 Å². The molecule has 6 heteroatoms. The molecule has 48 valence electrons. The van der Waals surface area contributed by atoms with E-state index in [0.717, 1.165) is 0 Å². The van der Waals surface area contributed by atoms with Gasteiger partial charge >= 0.3 is 0 Å². The Hall–Kier alpha value is 0.940. The fourth-order valence-corrected chi connectivity index (χ4v) is 0.246. The third-order valence-corrected chi connectivity index (χ3v) is 0.618. The summed E-state index contributed by atoms with van der Waals surface area (Å²) in [6.07, 6.45) is 0.102. The maximum atomic E-state index is 9.92. The van der Waals surface area contributed by atoms with Gasteiger partial charge in [0, 0.05) is 72.0 Å². The summed E-state index contributed by atoms with van der Waals surface area (Å²) in [7, 11) is 0. The summed E-state index contributed by atoms with van der Waals surface area (Å²) in [5, 5.41) is 0. The Balaban J connectivity index is -0.000000245. The third-order valence-electron chi connectivity index (χ3n) is 0.618. The van der Waals surface area contributed by atoms with E-state index in [0.29, 0.717) is 0 Å². The molecule has 0 aromatic heterocycles. The molecule has 4 nitrogen and oxygen atoms in total. The second kappa shape index (κ2) is 9.94. The van der Waals surface area contributed by atoms with Crippen LogP contribution in [0.3, 0.4) is 0 Å². The van der Waals surface area contributed by atoms with Crippen LogP contribution >= 0.6 is 0 Å². The van der Waals surface area contributed by atoms with Gasteiger partial charge in [-0.1, -0.05) is 0 Å². The van der Waals surface area contributed by atoms with Crippen LogP contribution < -0.4 is 11.5 Å². The molecule has 0 spiro atoms. The molecule has 0 unspecified atom stereocenters. The fourth-order valence-electron chi connectivity index (χ4n) is 0.246. The van der Waals surface area contributed by atoms with E-state index in [1.165, 1.54) is 0 Å². The number of hydrogen-bond acceptors (Lipinski definition) is 2. The van der Waals surface area contributed by atoms with Crippen molar-refractivity contribution < 1.29 is 9.59 Å². The molecule has 0 aromatic carbocycles. The average molecular weight is 162 g/mol. The Kier molecular flexibility index (Phi) is 17.0. The van der Waals surface area contributed by atoms with E-state index in [4.69, 9.17) is 11.5 Å². The molecular formula is C4H8N2Na2O2. The minimum absolute atomic E-state index is 0. The van der Waals surface area contributed by atoms with Crippen molar-refractivity contribution in [2.75, 3.05) is 0 Å². The third kappa shape index (κ3) is 16.0. The zero-order valence-corrected chi connectivity index (χ0v) is 10.4. The molecule has 0 atom stereocenters. The first-order chi connectivity index (χ1) is 3.63. The first-order valence-corrected chi connectivity index (χ1v) is 2.19. The predicted molar refractivity (Wildman–Crippen MR) is 39.1 cm³/mol. The molecule has 0 aromatic rings. The number of amides is 2. The SMILES string of the molecule is NC(=O)CCC(N)=O.[Na].[Na]. The largest absolute Gasteiger partial charge is 0.370 e. The number of hydrogen-bond donors (Lipinski definition) is 2. The van der Waals surface area contributed by atoms with E-state index in [2.05, 4.69) is 0 Å². The standard InChI is InChI=1S/C4H8N2O2.2Na/c5-3(7)1-2-4(6)8;;/h1-2H2,(H2,5,7)(H2,6,8);;. The van der Waals surface area contributed by atoms with Crippen LogP contribution in [0.15, 0.2) is 0 Å². The van der Waals surface area contributed by atoms with Gasteiger partial charge in [-0.25, -0.2) is 0 Å². The zero-order chi connectivity index (χ0) is 6.57. The van der Waals surface area contributed by atoms with Gasteiger partial charge in [0.15, 0.2) is 0 Å². The predicted octanol–water partition coefficient (Wildman–Crippen LogP) is -2.02. The van der Waals surface area contributed by atoms with Crippen molar-refractivity contribution in [1.82, 2.24) is 0 Å². The van der Waals surface area contributed by atoms with Gasteiger partial charge < -0.3 is 11.5 Å². The Morgan fingerprint density at radius 1 is 0.900 bits per heavy atom. The van der Waals surface area contributed by atoms with E-state index >= 15 is 0 Å². The average Bonchev–Trinajstić information content (AvgIpc) is 1.61. The fraction of sp³-hybridized carbons (Fsp3) is 0.500. The zero-order valence-electron chi connectivity index (χ0n) is 6.39. The molecule has 2 radical (unpaired) electrons. The van der Waals surface area contributed by atoms with Crippen LogP contribution in [0.5, 0.6) is 0 Å². The molecule has 10 heavy (non-hydrogen) atoms. The molecular weight excluding hydrogens is 154 g/mol. The molecule has 0 aliphatic rings. The normalized spacial score (nSPS) is 6.80. The number of rotatable bonds is 3. The van der Waals surface area contributed by atoms with Crippen molar-refractivity contribution in [3.05, 3.63) is 0 Å². The van der Waals surface area contributed by atoms with Crippen molar-refractivity contribution in [2.24, 2.45) is 11.5 Å². The number of primary amides is 2.